The van der Waals surface area contributed by atoms with E-state index < -0.39 is 11.7 Å². The Morgan fingerprint density at radius 1 is 1.19 bits per heavy atom. The predicted molar refractivity (Wildman–Crippen MR) is 83.6 cm³/mol. The van der Waals surface area contributed by atoms with Crippen molar-refractivity contribution in [1.29, 1.82) is 0 Å². The molecule has 0 radical (unpaired) electrons. The normalized spacial score (nSPS) is 13.7. The molecule has 0 aliphatic carbocycles. The van der Waals surface area contributed by atoms with Crippen LogP contribution in [0.25, 0.3) is 0 Å². The molecule has 0 bridgehead atoms. The first-order valence-corrected chi connectivity index (χ1v) is 8.28. The van der Waals surface area contributed by atoms with E-state index in [1.165, 1.54) is 17.8 Å². The molecular formula is C16H24F3NS. The lowest BCUT2D eigenvalue weighted by Crippen LogP contribution is -2.22. The second kappa shape index (κ2) is 8.08. The molecule has 1 unspecified atom stereocenters. The number of thioether (sulfide) groups is 1. The van der Waals surface area contributed by atoms with Gasteiger partial charge in [0.15, 0.2) is 0 Å². The fourth-order valence-corrected chi connectivity index (χ4v) is 2.90. The van der Waals surface area contributed by atoms with Crippen LogP contribution in [0.5, 0.6) is 0 Å². The Morgan fingerprint density at radius 2 is 1.86 bits per heavy atom. The standard InChI is InChI=1S/C16H24F3NS/c1-5-12(4)10-21-15-7-6-13(9-20-11(2)3)8-14(15)16(17,18)19/h6-8,11-12,20H,5,9-10H2,1-4H3. The van der Waals surface area contributed by atoms with E-state index >= 15 is 0 Å². The molecule has 0 aromatic heterocycles. The molecule has 0 aliphatic rings. The summed E-state index contributed by atoms with van der Waals surface area (Å²) in [6, 6.07) is 4.91. The van der Waals surface area contributed by atoms with Crippen molar-refractivity contribution in [2.45, 2.75) is 57.8 Å². The van der Waals surface area contributed by atoms with Crippen LogP contribution in [0.4, 0.5) is 13.2 Å². The lowest BCUT2D eigenvalue weighted by molar-refractivity contribution is -0.139. The van der Waals surface area contributed by atoms with Crippen LogP contribution in [0.15, 0.2) is 23.1 Å². The van der Waals surface area contributed by atoms with Gasteiger partial charge < -0.3 is 5.32 Å². The van der Waals surface area contributed by atoms with Gasteiger partial charge in [-0.2, -0.15) is 13.2 Å². The highest BCUT2D eigenvalue weighted by Crippen LogP contribution is 2.38. The van der Waals surface area contributed by atoms with Gasteiger partial charge in [-0.1, -0.05) is 40.2 Å². The van der Waals surface area contributed by atoms with Crippen molar-refractivity contribution in [1.82, 2.24) is 5.32 Å². The summed E-state index contributed by atoms with van der Waals surface area (Å²) in [5, 5.41) is 3.15. The van der Waals surface area contributed by atoms with Crippen LogP contribution in [0.2, 0.25) is 0 Å². The zero-order valence-corrected chi connectivity index (χ0v) is 13.9. The van der Waals surface area contributed by atoms with Crippen molar-refractivity contribution in [3.05, 3.63) is 29.3 Å². The second-order valence-corrected chi connectivity index (χ2v) is 6.75. The van der Waals surface area contributed by atoms with Gasteiger partial charge in [-0.15, -0.1) is 11.8 Å². The van der Waals surface area contributed by atoms with Crippen LogP contribution in [-0.2, 0) is 12.7 Å². The first kappa shape index (κ1) is 18.4. The van der Waals surface area contributed by atoms with Gasteiger partial charge in [0.2, 0.25) is 0 Å². The molecule has 0 heterocycles. The summed E-state index contributed by atoms with van der Waals surface area (Å²) in [7, 11) is 0. The van der Waals surface area contributed by atoms with Crippen LogP contribution in [0.1, 0.15) is 45.2 Å². The van der Waals surface area contributed by atoms with Gasteiger partial charge in [0, 0.05) is 23.2 Å². The Kier molecular flexibility index (Phi) is 7.07. The van der Waals surface area contributed by atoms with Crippen LogP contribution in [-0.4, -0.2) is 11.8 Å². The van der Waals surface area contributed by atoms with Crippen molar-refractivity contribution in [3.63, 3.8) is 0 Å². The highest BCUT2D eigenvalue weighted by atomic mass is 32.2. The summed E-state index contributed by atoms with van der Waals surface area (Å²) >= 11 is 1.30. The summed E-state index contributed by atoms with van der Waals surface area (Å²) in [5.41, 5.74) is 0.155. The van der Waals surface area contributed by atoms with Crippen LogP contribution in [0.3, 0.4) is 0 Å². The van der Waals surface area contributed by atoms with Gasteiger partial charge in [-0.3, -0.25) is 0 Å². The summed E-state index contributed by atoms with van der Waals surface area (Å²) in [6.45, 7) is 8.51. The van der Waals surface area contributed by atoms with Crippen molar-refractivity contribution in [2.75, 3.05) is 5.75 Å². The minimum Gasteiger partial charge on any atom is -0.310 e. The van der Waals surface area contributed by atoms with E-state index in [9.17, 15) is 13.2 Å². The van der Waals surface area contributed by atoms with Gasteiger partial charge >= 0.3 is 6.18 Å². The fraction of sp³-hybridized carbons (Fsp3) is 0.625. The van der Waals surface area contributed by atoms with E-state index in [0.29, 0.717) is 28.7 Å². The third-order valence-corrected chi connectivity index (χ3v) is 4.69. The SMILES string of the molecule is CCC(C)CSc1ccc(CNC(C)C)cc1C(F)(F)F. The minimum absolute atomic E-state index is 0.249. The third-order valence-electron chi connectivity index (χ3n) is 3.28. The number of alkyl halides is 3. The first-order valence-electron chi connectivity index (χ1n) is 7.30. The summed E-state index contributed by atoms with van der Waals surface area (Å²) in [5.74, 6) is 1.13. The van der Waals surface area contributed by atoms with E-state index in [0.717, 1.165) is 6.42 Å². The number of benzene rings is 1. The van der Waals surface area contributed by atoms with Gasteiger partial charge in [-0.25, -0.2) is 0 Å². The maximum absolute atomic E-state index is 13.2. The Balaban J connectivity index is 2.92. The number of rotatable bonds is 7. The maximum Gasteiger partial charge on any atom is 0.417 e. The molecule has 0 saturated carbocycles. The number of hydrogen-bond donors (Lipinski definition) is 1. The molecule has 1 N–H and O–H groups in total. The van der Waals surface area contributed by atoms with E-state index in [2.05, 4.69) is 19.2 Å². The zero-order chi connectivity index (χ0) is 16.0. The highest BCUT2D eigenvalue weighted by molar-refractivity contribution is 7.99. The number of hydrogen-bond acceptors (Lipinski definition) is 2. The molecule has 0 spiro atoms. The average molecular weight is 319 g/mol. The van der Waals surface area contributed by atoms with Crippen LogP contribution >= 0.6 is 11.8 Å². The number of halogens is 3. The first-order chi connectivity index (χ1) is 9.74. The van der Waals surface area contributed by atoms with E-state index in [-0.39, 0.29) is 6.04 Å². The molecule has 0 amide bonds. The molecule has 1 aromatic carbocycles. The molecule has 21 heavy (non-hydrogen) atoms. The zero-order valence-electron chi connectivity index (χ0n) is 13.1. The van der Waals surface area contributed by atoms with E-state index in [1.807, 2.05) is 13.8 Å². The van der Waals surface area contributed by atoms with E-state index in [4.69, 9.17) is 0 Å². The van der Waals surface area contributed by atoms with Gasteiger partial charge in [0.1, 0.15) is 0 Å². The Hall–Kier alpha value is -0.680. The van der Waals surface area contributed by atoms with Crippen molar-refractivity contribution < 1.29 is 13.2 Å². The summed E-state index contributed by atoms with van der Waals surface area (Å²) < 4.78 is 39.6. The third kappa shape index (κ3) is 6.30. The largest absolute Gasteiger partial charge is 0.417 e. The van der Waals surface area contributed by atoms with Gasteiger partial charge in [0.05, 0.1) is 5.56 Å². The van der Waals surface area contributed by atoms with Gasteiger partial charge in [-0.05, 0) is 23.6 Å². The summed E-state index contributed by atoms with van der Waals surface area (Å²) in [6.07, 6.45) is -3.32. The quantitative estimate of drug-likeness (QED) is 0.681. The lowest BCUT2D eigenvalue weighted by Gasteiger charge is -2.16. The Labute approximate surface area is 129 Å². The maximum atomic E-state index is 13.2. The molecule has 120 valence electrons. The molecule has 1 aromatic rings. The Bertz CT molecular complexity index is 444. The molecule has 1 rings (SSSR count). The van der Waals surface area contributed by atoms with Crippen molar-refractivity contribution in [3.8, 4) is 0 Å². The molecule has 5 heteroatoms. The lowest BCUT2D eigenvalue weighted by atomic mass is 10.1. The topological polar surface area (TPSA) is 12.0 Å². The Morgan fingerprint density at radius 3 is 2.38 bits per heavy atom. The molecule has 0 aliphatic heterocycles. The molecule has 0 saturated heterocycles. The number of nitrogens with one attached hydrogen (secondary N) is 1. The van der Waals surface area contributed by atoms with E-state index in [1.54, 1.807) is 12.1 Å². The second-order valence-electron chi connectivity index (χ2n) is 5.69. The average Bonchev–Trinajstić information content (AvgIpc) is 2.41. The molecule has 0 fully saturated rings. The van der Waals surface area contributed by atoms with Gasteiger partial charge in [0.25, 0.3) is 0 Å². The smallest absolute Gasteiger partial charge is 0.310 e. The van der Waals surface area contributed by atoms with Crippen molar-refractivity contribution in [2.24, 2.45) is 5.92 Å². The highest BCUT2D eigenvalue weighted by Gasteiger charge is 2.33. The minimum atomic E-state index is -4.30. The predicted octanol–water partition coefficient (Wildman–Crippen LogP) is 5.34. The molecule has 1 nitrogen and oxygen atoms in total. The molecular weight excluding hydrogens is 295 g/mol. The fourth-order valence-electron chi connectivity index (χ4n) is 1.71. The van der Waals surface area contributed by atoms with Crippen LogP contribution < -0.4 is 5.32 Å². The summed E-state index contributed by atoms with van der Waals surface area (Å²) in [4.78, 5) is 0.330. The molecule has 1 atom stereocenters. The van der Waals surface area contributed by atoms with Crippen LogP contribution in [0, 0.1) is 5.92 Å². The van der Waals surface area contributed by atoms with Crippen molar-refractivity contribution >= 4 is 11.8 Å². The monoisotopic (exact) mass is 319 g/mol.